The van der Waals surface area contributed by atoms with E-state index in [1.165, 1.54) is 30.5 Å². The number of carbonyl (C=O) groups is 1. The van der Waals surface area contributed by atoms with Gasteiger partial charge in [0, 0.05) is 12.1 Å². The third kappa shape index (κ3) is 3.58. The molecule has 0 radical (unpaired) electrons. The predicted molar refractivity (Wildman–Crippen MR) is 82.2 cm³/mol. The summed E-state index contributed by atoms with van der Waals surface area (Å²) >= 11 is 11.9. The molecule has 22 heavy (non-hydrogen) atoms. The van der Waals surface area contributed by atoms with Crippen LogP contribution in [-0.4, -0.2) is 33.3 Å². The van der Waals surface area contributed by atoms with Gasteiger partial charge in [-0.05, 0) is 32.0 Å². The molecular weight excluding hydrogens is 329 g/mol. The molecule has 118 valence electrons. The minimum atomic E-state index is -1.06. The van der Waals surface area contributed by atoms with Crippen molar-refractivity contribution in [1.29, 1.82) is 0 Å². The molecular formula is C14H15Cl2N3O3. The van der Waals surface area contributed by atoms with Crippen LogP contribution in [0.1, 0.15) is 20.1 Å². The van der Waals surface area contributed by atoms with Crippen LogP contribution in [0, 0.1) is 0 Å². The van der Waals surface area contributed by atoms with Crippen molar-refractivity contribution in [3.8, 4) is 5.75 Å². The van der Waals surface area contributed by atoms with Crippen LogP contribution in [0.4, 0.5) is 0 Å². The molecule has 1 unspecified atom stereocenters. The Morgan fingerprint density at radius 2 is 2.09 bits per heavy atom. The Morgan fingerprint density at radius 3 is 2.64 bits per heavy atom. The maximum Gasteiger partial charge on any atom is 0.254 e. The lowest BCUT2D eigenvalue weighted by Crippen LogP contribution is -2.42. The summed E-state index contributed by atoms with van der Waals surface area (Å²) in [5.41, 5.74) is -1.06. The Balaban J connectivity index is 2.36. The standard InChI is InChI=1S/C14H15Cl2N3O3/c1-14(2,21-3)12(20)13(19-8-17-7-18-19)22-11-5-4-9(15)6-10(11)16/h4-8,13H,1-3H3. The molecule has 1 heterocycles. The molecule has 1 atom stereocenters. The molecule has 0 N–H and O–H groups in total. The molecule has 0 saturated carbocycles. The van der Waals surface area contributed by atoms with Crippen LogP contribution < -0.4 is 4.74 Å². The SMILES string of the molecule is COC(C)(C)C(=O)C(Oc1ccc(Cl)cc1Cl)n1cncn1. The second-order valence-corrected chi connectivity index (χ2v) is 5.84. The predicted octanol–water partition coefficient (Wildman–Crippen LogP) is 3.16. The molecule has 2 rings (SSSR count). The van der Waals surface area contributed by atoms with Crippen molar-refractivity contribution in [2.75, 3.05) is 7.11 Å². The highest BCUT2D eigenvalue weighted by Gasteiger charge is 2.37. The van der Waals surface area contributed by atoms with Crippen LogP contribution in [0.25, 0.3) is 0 Å². The Bertz CT molecular complexity index is 659. The molecule has 0 saturated heterocycles. The van der Waals surface area contributed by atoms with E-state index in [2.05, 4.69) is 10.1 Å². The first-order valence-electron chi connectivity index (χ1n) is 6.40. The molecule has 0 aliphatic carbocycles. The number of rotatable bonds is 6. The van der Waals surface area contributed by atoms with Crippen molar-refractivity contribution < 1.29 is 14.3 Å². The summed E-state index contributed by atoms with van der Waals surface area (Å²) in [4.78, 5) is 16.5. The van der Waals surface area contributed by atoms with Crippen molar-refractivity contribution in [2.24, 2.45) is 0 Å². The van der Waals surface area contributed by atoms with Crippen LogP contribution in [0.3, 0.4) is 0 Å². The molecule has 0 aliphatic heterocycles. The fourth-order valence-electron chi connectivity index (χ4n) is 1.66. The molecule has 0 aliphatic rings. The lowest BCUT2D eigenvalue weighted by atomic mass is 10.0. The van der Waals surface area contributed by atoms with Crippen LogP contribution in [0.15, 0.2) is 30.9 Å². The number of aromatic nitrogens is 3. The minimum absolute atomic E-state index is 0.292. The highest BCUT2D eigenvalue weighted by Crippen LogP contribution is 2.31. The smallest absolute Gasteiger partial charge is 0.254 e. The number of hydrogen-bond acceptors (Lipinski definition) is 5. The zero-order chi connectivity index (χ0) is 16.3. The summed E-state index contributed by atoms with van der Waals surface area (Å²) in [5, 5.41) is 4.73. The first kappa shape index (κ1) is 16.7. The van der Waals surface area contributed by atoms with Crippen molar-refractivity contribution in [3.63, 3.8) is 0 Å². The number of ketones is 1. The molecule has 1 aromatic carbocycles. The summed E-state index contributed by atoms with van der Waals surface area (Å²) in [7, 11) is 1.45. The van der Waals surface area contributed by atoms with Crippen molar-refractivity contribution in [3.05, 3.63) is 40.9 Å². The van der Waals surface area contributed by atoms with Crippen LogP contribution in [0.5, 0.6) is 5.75 Å². The van der Waals surface area contributed by atoms with Gasteiger partial charge >= 0.3 is 0 Å². The van der Waals surface area contributed by atoms with Gasteiger partial charge in [0.05, 0.1) is 5.02 Å². The first-order valence-corrected chi connectivity index (χ1v) is 7.16. The van der Waals surface area contributed by atoms with Gasteiger partial charge in [0.1, 0.15) is 24.0 Å². The molecule has 0 amide bonds. The maximum absolute atomic E-state index is 12.7. The van der Waals surface area contributed by atoms with Gasteiger partial charge in [-0.3, -0.25) is 4.79 Å². The fraction of sp³-hybridized carbons (Fsp3) is 0.357. The Kier molecular flexibility index (Phi) is 5.05. The number of nitrogens with zero attached hydrogens (tertiary/aromatic N) is 3. The maximum atomic E-state index is 12.7. The van der Waals surface area contributed by atoms with Gasteiger partial charge in [-0.1, -0.05) is 23.2 Å². The van der Waals surface area contributed by atoms with Crippen LogP contribution in [-0.2, 0) is 9.53 Å². The topological polar surface area (TPSA) is 66.2 Å². The van der Waals surface area contributed by atoms with Crippen LogP contribution in [0.2, 0.25) is 10.0 Å². The number of methoxy groups -OCH3 is 1. The first-order chi connectivity index (χ1) is 10.3. The largest absolute Gasteiger partial charge is 0.460 e. The second kappa shape index (κ2) is 6.64. The number of Topliss-reactive ketones (excluding diaryl/α,β-unsaturated/α-hetero) is 1. The number of halogens is 2. The van der Waals surface area contributed by atoms with Gasteiger partial charge < -0.3 is 9.47 Å². The summed E-state index contributed by atoms with van der Waals surface area (Å²) in [5.74, 6) is -0.0154. The van der Waals surface area contributed by atoms with Gasteiger partial charge in [0.25, 0.3) is 6.23 Å². The van der Waals surface area contributed by atoms with E-state index in [0.29, 0.717) is 15.8 Å². The average Bonchev–Trinajstić information content (AvgIpc) is 3.00. The Hall–Kier alpha value is -1.63. The molecule has 0 fully saturated rings. The summed E-state index contributed by atoms with van der Waals surface area (Å²) in [6, 6.07) is 4.73. The van der Waals surface area contributed by atoms with Gasteiger partial charge in [-0.2, -0.15) is 5.10 Å². The lowest BCUT2D eigenvalue weighted by Gasteiger charge is -2.27. The fourth-order valence-corrected chi connectivity index (χ4v) is 2.11. The summed E-state index contributed by atoms with van der Waals surface area (Å²) in [6.07, 6.45) is 1.64. The van der Waals surface area contributed by atoms with E-state index in [1.807, 2.05) is 0 Å². The highest BCUT2D eigenvalue weighted by molar-refractivity contribution is 6.35. The monoisotopic (exact) mass is 343 g/mol. The van der Waals surface area contributed by atoms with Crippen molar-refractivity contribution in [1.82, 2.24) is 14.8 Å². The molecule has 0 bridgehead atoms. The Morgan fingerprint density at radius 1 is 1.36 bits per heavy atom. The number of carbonyl (C=O) groups excluding carboxylic acids is 1. The quantitative estimate of drug-likeness (QED) is 0.805. The van der Waals surface area contributed by atoms with Crippen molar-refractivity contribution in [2.45, 2.75) is 25.7 Å². The highest BCUT2D eigenvalue weighted by atomic mass is 35.5. The molecule has 6 nitrogen and oxygen atoms in total. The van der Waals surface area contributed by atoms with Gasteiger partial charge in [0.2, 0.25) is 5.78 Å². The Labute approximate surface area is 138 Å². The van der Waals surface area contributed by atoms with Gasteiger partial charge in [0.15, 0.2) is 0 Å². The summed E-state index contributed by atoms with van der Waals surface area (Å²) < 4.78 is 12.3. The van der Waals surface area contributed by atoms with E-state index in [4.69, 9.17) is 32.7 Å². The molecule has 2 aromatic rings. The van der Waals surface area contributed by atoms with E-state index in [1.54, 1.807) is 26.0 Å². The van der Waals surface area contributed by atoms with Crippen LogP contribution >= 0.6 is 23.2 Å². The zero-order valence-corrected chi connectivity index (χ0v) is 13.8. The van der Waals surface area contributed by atoms with E-state index >= 15 is 0 Å². The molecule has 8 heteroatoms. The summed E-state index contributed by atoms with van der Waals surface area (Å²) in [6.45, 7) is 3.29. The number of hydrogen-bond donors (Lipinski definition) is 0. The van der Waals surface area contributed by atoms with E-state index in [0.717, 1.165) is 0 Å². The van der Waals surface area contributed by atoms with E-state index in [-0.39, 0.29) is 5.78 Å². The average molecular weight is 344 g/mol. The number of ether oxygens (including phenoxy) is 2. The molecule has 0 spiro atoms. The molecule has 1 aromatic heterocycles. The third-order valence-electron chi connectivity index (χ3n) is 3.14. The normalized spacial score (nSPS) is 13.0. The van der Waals surface area contributed by atoms with E-state index in [9.17, 15) is 4.79 Å². The van der Waals surface area contributed by atoms with Crippen molar-refractivity contribution >= 4 is 29.0 Å². The zero-order valence-electron chi connectivity index (χ0n) is 12.3. The third-order valence-corrected chi connectivity index (χ3v) is 3.67. The van der Waals surface area contributed by atoms with Gasteiger partial charge in [-0.25, -0.2) is 9.67 Å². The number of benzene rings is 1. The minimum Gasteiger partial charge on any atom is -0.460 e. The lowest BCUT2D eigenvalue weighted by molar-refractivity contribution is -0.149. The van der Waals surface area contributed by atoms with E-state index < -0.39 is 11.8 Å². The van der Waals surface area contributed by atoms with Gasteiger partial charge in [-0.15, -0.1) is 0 Å². The second-order valence-electron chi connectivity index (χ2n) is 5.00.